The first-order chi connectivity index (χ1) is 10.3. The van der Waals surface area contributed by atoms with Crippen molar-refractivity contribution in [1.82, 2.24) is 4.90 Å². The van der Waals surface area contributed by atoms with E-state index >= 15 is 0 Å². The number of benzene rings is 1. The molecule has 2 amide bonds. The van der Waals surface area contributed by atoms with Crippen molar-refractivity contribution in [2.24, 2.45) is 0 Å². The molecule has 2 atom stereocenters. The molecule has 2 heterocycles. The summed E-state index contributed by atoms with van der Waals surface area (Å²) in [6.45, 7) is 8.13. The number of fused-ring (bicyclic) bond motifs is 1. The molecule has 5 heteroatoms. The number of carbonyl (C=O) groups excluding carboxylic acids is 2. The molecule has 2 fully saturated rings. The minimum atomic E-state index is -0.356. The van der Waals surface area contributed by atoms with Gasteiger partial charge >= 0.3 is 0 Å². The lowest BCUT2D eigenvalue weighted by atomic mass is 10.0. The fourth-order valence-electron chi connectivity index (χ4n) is 3.60. The van der Waals surface area contributed by atoms with Crippen LogP contribution in [0.2, 0.25) is 0 Å². The lowest BCUT2D eigenvalue weighted by Crippen LogP contribution is -2.48. The van der Waals surface area contributed by atoms with Crippen LogP contribution in [0.4, 0.5) is 5.69 Å². The summed E-state index contributed by atoms with van der Waals surface area (Å²) in [5, 5.41) is 3.05. The van der Waals surface area contributed by atoms with Crippen molar-refractivity contribution in [2.45, 2.75) is 51.4 Å². The highest BCUT2D eigenvalue weighted by atomic mass is 32.2. The second kappa shape index (κ2) is 5.30. The van der Waals surface area contributed by atoms with E-state index in [4.69, 9.17) is 0 Å². The van der Waals surface area contributed by atoms with E-state index in [1.807, 2.05) is 20.8 Å². The number of hydrogen-bond acceptors (Lipinski definition) is 3. The van der Waals surface area contributed by atoms with Crippen LogP contribution in [0.15, 0.2) is 12.1 Å². The molecule has 2 aliphatic heterocycles. The van der Waals surface area contributed by atoms with Gasteiger partial charge in [-0.1, -0.05) is 17.7 Å². The summed E-state index contributed by atoms with van der Waals surface area (Å²) in [6.07, 6.45) is 1.39. The van der Waals surface area contributed by atoms with Gasteiger partial charge in [0.1, 0.15) is 6.04 Å². The number of thioether (sulfide) groups is 1. The van der Waals surface area contributed by atoms with Gasteiger partial charge < -0.3 is 10.2 Å². The van der Waals surface area contributed by atoms with Gasteiger partial charge in [0.05, 0.1) is 4.87 Å². The van der Waals surface area contributed by atoms with Gasteiger partial charge in [0, 0.05) is 17.9 Å². The van der Waals surface area contributed by atoms with Gasteiger partial charge in [0.2, 0.25) is 11.8 Å². The minimum absolute atomic E-state index is 0.0680. The molecule has 1 aromatic carbocycles. The first kappa shape index (κ1) is 15.4. The molecule has 2 unspecified atom stereocenters. The predicted molar refractivity (Wildman–Crippen MR) is 90.0 cm³/mol. The van der Waals surface area contributed by atoms with Crippen LogP contribution in [-0.2, 0) is 9.59 Å². The van der Waals surface area contributed by atoms with Crippen molar-refractivity contribution in [3.8, 4) is 0 Å². The Kier molecular flexibility index (Phi) is 3.71. The largest absolute Gasteiger partial charge is 0.324 e. The van der Waals surface area contributed by atoms with Crippen molar-refractivity contribution < 1.29 is 9.59 Å². The van der Waals surface area contributed by atoms with E-state index in [1.54, 1.807) is 16.7 Å². The predicted octanol–water partition coefficient (Wildman–Crippen LogP) is 3.00. The fraction of sp³-hybridized carbons (Fsp3) is 0.529. The Morgan fingerprint density at radius 3 is 2.59 bits per heavy atom. The first-order valence-corrected chi connectivity index (χ1v) is 8.65. The number of carbonyl (C=O) groups is 2. The zero-order valence-electron chi connectivity index (χ0n) is 13.5. The number of hydrogen-bond donors (Lipinski definition) is 1. The van der Waals surface area contributed by atoms with Gasteiger partial charge in [-0.25, -0.2) is 0 Å². The normalized spacial score (nSPS) is 27.2. The van der Waals surface area contributed by atoms with Crippen LogP contribution in [0, 0.1) is 20.8 Å². The summed E-state index contributed by atoms with van der Waals surface area (Å²) < 4.78 is 0. The molecule has 0 radical (unpaired) electrons. The molecule has 0 bridgehead atoms. The van der Waals surface area contributed by atoms with E-state index in [0.29, 0.717) is 12.2 Å². The Morgan fingerprint density at radius 2 is 1.95 bits per heavy atom. The van der Waals surface area contributed by atoms with Gasteiger partial charge in [-0.3, -0.25) is 9.59 Å². The molecule has 22 heavy (non-hydrogen) atoms. The zero-order chi connectivity index (χ0) is 16.1. The SMILES string of the molecule is Cc1cc(C)c(NC(=O)C2CSC3(C)CCC(=O)N23)c(C)c1. The summed E-state index contributed by atoms with van der Waals surface area (Å²) in [7, 11) is 0. The van der Waals surface area contributed by atoms with Crippen LogP contribution in [0.5, 0.6) is 0 Å². The number of rotatable bonds is 2. The Hall–Kier alpha value is -1.49. The van der Waals surface area contributed by atoms with Crippen LogP contribution < -0.4 is 5.32 Å². The van der Waals surface area contributed by atoms with Gasteiger partial charge in [-0.15, -0.1) is 11.8 Å². The maximum absolute atomic E-state index is 12.7. The van der Waals surface area contributed by atoms with E-state index in [2.05, 4.69) is 24.4 Å². The van der Waals surface area contributed by atoms with Crippen molar-refractivity contribution >= 4 is 29.3 Å². The first-order valence-electron chi connectivity index (χ1n) is 7.67. The third-order valence-corrected chi connectivity index (χ3v) is 6.18. The van der Waals surface area contributed by atoms with E-state index in [9.17, 15) is 9.59 Å². The van der Waals surface area contributed by atoms with E-state index in [-0.39, 0.29) is 22.7 Å². The molecule has 0 aliphatic carbocycles. The van der Waals surface area contributed by atoms with Crippen LogP contribution in [0.1, 0.15) is 36.5 Å². The van der Waals surface area contributed by atoms with Crippen molar-refractivity contribution in [2.75, 3.05) is 11.1 Å². The quantitative estimate of drug-likeness (QED) is 0.912. The Morgan fingerprint density at radius 1 is 1.32 bits per heavy atom. The Labute approximate surface area is 135 Å². The number of aryl methyl sites for hydroxylation is 3. The molecule has 1 aromatic rings. The molecule has 4 nitrogen and oxygen atoms in total. The Bertz CT molecular complexity index is 635. The summed E-state index contributed by atoms with van der Waals surface area (Å²) in [5.74, 6) is 0.712. The number of nitrogens with one attached hydrogen (secondary N) is 1. The molecule has 2 aliphatic rings. The van der Waals surface area contributed by atoms with E-state index in [1.165, 1.54) is 5.56 Å². The van der Waals surface area contributed by atoms with Crippen LogP contribution in [-0.4, -0.2) is 33.4 Å². The number of nitrogens with zero attached hydrogens (tertiary/aromatic N) is 1. The van der Waals surface area contributed by atoms with Crippen LogP contribution in [0.3, 0.4) is 0 Å². The molecule has 1 N–H and O–H groups in total. The van der Waals surface area contributed by atoms with Gasteiger partial charge in [0.15, 0.2) is 0 Å². The third-order valence-electron chi connectivity index (χ3n) is 4.67. The smallest absolute Gasteiger partial charge is 0.248 e. The summed E-state index contributed by atoms with van der Waals surface area (Å²) >= 11 is 1.72. The molecule has 2 saturated heterocycles. The molecular weight excluding hydrogens is 296 g/mol. The lowest BCUT2D eigenvalue weighted by molar-refractivity contribution is -0.135. The van der Waals surface area contributed by atoms with Gasteiger partial charge in [-0.2, -0.15) is 0 Å². The topological polar surface area (TPSA) is 49.4 Å². The molecule has 3 rings (SSSR count). The van der Waals surface area contributed by atoms with Crippen molar-refractivity contribution in [3.05, 3.63) is 28.8 Å². The highest BCUT2D eigenvalue weighted by Crippen LogP contribution is 2.47. The van der Waals surface area contributed by atoms with E-state index in [0.717, 1.165) is 23.2 Å². The summed E-state index contributed by atoms with van der Waals surface area (Å²) in [5.41, 5.74) is 4.19. The third kappa shape index (κ3) is 2.41. The maximum Gasteiger partial charge on any atom is 0.248 e. The summed E-state index contributed by atoms with van der Waals surface area (Å²) in [6, 6.07) is 3.78. The maximum atomic E-state index is 12.7. The lowest BCUT2D eigenvalue weighted by Gasteiger charge is -2.30. The summed E-state index contributed by atoms with van der Waals surface area (Å²) in [4.78, 5) is 26.5. The number of anilines is 1. The second-order valence-electron chi connectivity index (χ2n) is 6.53. The van der Waals surface area contributed by atoms with Crippen molar-refractivity contribution in [1.29, 1.82) is 0 Å². The highest BCUT2D eigenvalue weighted by molar-refractivity contribution is 8.01. The highest BCUT2D eigenvalue weighted by Gasteiger charge is 2.52. The average molecular weight is 318 g/mol. The van der Waals surface area contributed by atoms with Crippen molar-refractivity contribution in [3.63, 3.8) is 0 Å². The molecule has 0 spiro atoms. The molecular formula is C17H22N2O2S. The minimum Gasteiger partial charge on any atom is -0.324 e. The second-order valence-corrected chi connectivity index (χ2v) is 8.03. The fourth-order valence-corrected chi connectivity index (χ4v) is 5.03. The van der Waals surface area contributed by atoms with Crippen LogP contribution >= 0.6 is 11.8 Å². The van der Waals surface area contributed by atoms with Crippen LogP contribution in [0.25, 0.3) is 0 Å². The van der Waals surface area contributed by atoms with Gasteiger partial charge in [-0.05, 0) is 45.2 Å². The zero-order valence-corrected chi connectivity index (χ0v) is 14.3. The molecule has 0 saturated carbocycles. The average Bonchev–Trinajstić information content (AvgIpc) is 2.91. The number of amides is 2. The van der Waals surface area contributed by atoms with E-state index < -0.39 is 0 Å². The standard InChI is InChI=1S/C17H22N2O2S/c1-10-7-11(2)15(12(3)8-10)18-16(21)13-9-22-17(4)6-5-14(20)19(13)17/h7-8,13H,5-6,9H2,1-4H3,(H,18,21). The van der Waals surface area contributed by atoms with Gasteiger partial charge in [0.25, 0.3) is 0 Å². The Balaban J connectivity index is 1.83. The molecule has 118 valence electrons. The monoisotopic (exact) mass is 318 g/mol. The molecule has 0 aromatic heterocycles.